The molecule has 22 heavy (non-hydrogen) atoms. The molecule has 0 fully saturated rings. The van der Waals surface area contributed by atoms with Gasteiger partial charge in [0.25, 0.3) is 0 Å². The third-order valence-electron chi connectivity index (χ3n) is 2.68. The highest BCUT2D eigenvalue weighted by Crippen LogP contribution is 2.15. The number of carbonyl (C=O) groups is 2. The van der Waals surface area contributed by atoms with E-state index in [9.17, 15) is 9.59 Å². The molecular weight excluding hydrogens is 288 g/mol. The molecule has 0 saturated heterocycles. The molecule has 0 aliphatic heterocycles. The highest BCUT2D eigenvalue weighted by Gasteiger charge is 2.18. The van der Waals surface area contributed by atoms with Crippen molar-refractivity contribution in [2.75, 3.05) is 13.7 Å². The Morgan fingerprint density at radius 1 is 1.18 bits per heavy atom. The minimum atomic E-state index is -1.01. The zero-order valence-electron chi connectivity index (χ0n) is 13.3. The van der Waals surface area contributed by atoms with Gasteiger partial charge in [-0.2, -0.15) is 0 Å². The Labute approximate surface area is 130 Å². The van der Waals surface area contributed by atoms with Crippen molar-refractivity contribution in [2.45, 2.75) is 38.9 Å². The van der Waals surface area contributed by atoms with Crippen molar-refractivity contribution in [3.8, 4) is 5.75 Å². The molecule has 0 spiro atoms. The Hall–Kier alpha value is -2.08. The standard InChI is InChI=1S/C16H22O6/c1-16(2,3)22-14(17)10-21-12-7-5-11(6-8-12)9-13(20-4)15(18)19/h5-8,13H,9-10H2,1-4H3,(H,18,19)/t13-/m0/s1. The average Bonchev–Trinajstić information content (AvgIpc) is 2.41. The van der Waals surface area contributed by atoms with Crippen molar-refractivity contribution in [3.05, 3.63) is 29.8 Å². The van der Waals surface area contributed by atoms with E-state index in [1.54, 1.807) is 45.0 Å². The molecule has 0 amide bonds. The Balaban J connectivity index is 2.51. The summed E-state index contributed by atoms with van der Waals surface area (Å²) in [5.74, 6) is -0.937. The smallest absolute Gasteiger partial charge is 0.344 e. The summed E-state index contributed by atoms with van der Waals surface area (Å²) in [4.78, 5) is 22.4. The van der Waals surface area contributed by atoms with Gasteiger partial charge in [-0.25, -0.2) is 9.59 Å². The first-order valence-electron chi connectivity index (χ1n) is 6.90. The minimum absolute atomic E-state index is 0.174. The van der Waals surface area contributed by atoms with Gasteiger partial charge in [-0.3, -0.25) is 0 Å². The minimum Gasteiger partial charge on any atom is -0.482 e. The van der Waals surface area contributed by atoms with E-state index in [1.807, 2.05) is 0 Å². The van der Waals surface area contributed by atoms with Crippen LogP contribution in [-0.4, -0.2) is 42.5 Å². The lowest BCUT2D eigenvalue weighted by Gasteiger charge is -2.19. The maximum absolute atomic E-state index is 11.5. The lowest BCUT2D eigenvalue weighted by Crippen LogP contribution is -2.27. The van der Waals surface area contributed by atoms with Gasteiger partial charge >= 0.3 is 11.9 Å². The first-order chi connectivity index (χ1) is 10.2. The van der Waals surface area contributed by atoms with Crippen LogP contribution in [-0.2, 0) is 25.5 Å². The van der Waals surface area contributed by atoms with Crippen molar-refractivity contribution in [1.82, 2.24) is 0 Å². The summed E-state index contributed by atoms with van der Waals surface area (Å²) in [7, 11) is 1.36. The predicted molar refractivity (Wildman–Crippen MR) is 79.9 cm³/mol. The van der Waals surface area contributed by atoms with Crippen molar-refractivity contribution >= 4 is 11.9 Å². The number of benzene rings is 1. The highest BCUT2D eigenvalue weighted by molar-refractivity contribution is 5.72. The van der Waals surface area contributed by atoms with Crippen LogP contribution in [0, 0.1) is 0 Å². The van der Waals surface area contributed by atoms with Gasteiger partial charge in [-0.1, -0.05) is 12.1 Å². The fraction of sp³-hybridized carbons (Fsp3) is 0.500. The monoisotopic (exact) mass is 310 g/mol. The van der Waals surface area contributed by atoms with Gasteiger partial charge in [0, 0.05) is 13.5 Å². The van der Waals surface area contributed by atoms with Crippen LogP contribution in [0.3, 0.4) is 0 Å². The molecule has 0 aliphatic carbocycles. The predicted octanol–water partition coefficient (Wildman–Crippen LogP) is 2.05. The Bertz CT molecular complexity index is 500. The zero-order chi connectivity index (χ0) is 16.8. The van der Waals surface area contributed by atoms with Crippen LogP contribution in [0.2, 0.25) is 0 Å². The second kappa shape index (κ2) is 7.79. The first-order valence-corrected chi connectivity index (χ1v) is 6.90. The summed E-state index contributed by atoms with van der Waals surface area (Å²) in [6.45, 7) is 5.18. The number of hydrogen-bond acceptors (Lipinski definition) is 5. The van der Waals surface area contributed by atoms with Gasteiger partial charge in [0.2, 0.25) is 0 Å². The van der Waals surface area contributed by atoms with Gasteiger partial charge in [0.05, 0.1) is 0 Å². The molecule has 0 saturated carbocycles. The molecule has 1 atom stereocenters. The van der Waals surface area contributed by atoms with E-state index in [4.69, 9.17) is 19.3 Å². The summed E-state index contributed by atoms with van der Waals surface area (Å²) in [6.07, 6.45) is -0.619. The fourth-order valence-electron chi connectivity index (χ4n) is 1.72. The third kappa shape index (κ3) is 6.58. The molecule has 1 aromatic carbocycles. The molecule has 1 aromatic rings. The molecule has 6 heteroatoms. The average molecular weight is 310 g/mol. The lowest BCUT2D eigenvalue weighted by molar-refractivity contribution is -0.157. The van der Waals surface area contributed by atoms with Crippen molar-refractivity contribution < 1.29 is 28.9 Å². The topological polar surface area (TPSA) is 82.1 Å². The van der Waals surface area contributed by atoms with E-state index in [0.29, 0.717) is 5.75 Å². The number of aliphatic carboxylic acids is 1. The summed E-state index contributed by atoms with van der Waals surface area (Å²) in [5.41, 5.74) is 0.259. The van der Waals surface area contributed by atoms with E-state index in [-0.39, 0.29) is 13.0 Å². The number of carbonyl (C=O) groups excluding carboxylic acids is 1. The molecule has 122 valence electrons. The van der Waals surface area contributed by atoms with Gasteiger partial charge in [-0.05, 0) is 38.5 Å². The summed E-state index contributed by atoms with van der Waals surface area (Å²) < 4.78 is 15.3. The van der Waals surface area contributed by atoms with Crippen LogP contribution in [0.25, 0.3) is 0 Å². The number of carboxylic acids is 1. The second-order valence-corrected chi connectivity index (χ2v) is 5.79. The zero-order valence-corrected chi connectivity index (χ0v) is 13.3. The van der Waals surface area contributed by atoms with Gasteiger partial charge in [-0.15, -0.1) is 0 Å². The normalized spacial score (nSPS) is 12.5. The summed E-state index contributed by atoms with van der Waals surface area (Å²) in [5, 5.41) is 8.93. The molecule has 0 radical (unpaired) electrons. The molecule has 1 rings (SSSR count). The lowest BCUT2D eigenvalue weighted by atomic mass is 10.1. The van der Waals surface area contributed by atoms with Gasteiger partial charge in [0.1, 0.15) is 11.4 Å². The van der Waals surface area contributed by atoms with E-state index in [0.717, 1.165) is 5.56 Å². The van der Waals surface area contributed by atoms with E-state index >= 15 is 0 Å². The van der Waals surface area contributed by atoms with E-state index in [2.05, 4.69) is 0 Å². The Morgan fingerprint density at radius 2 is 1.77 bits per heavy atom. The molecule has 0 aromatic heterocycles. The SMILES string of the molecule is CO[C@@H](Cc1ccc(OCC(=O)OC(C)(C)C)cc1)C(=O)O. The van der Waals surface area contributed by atoms with Crippen LogP contribution in [0.15, 0.2) is 24.3 Å². The molecule has 0 aliphatic rings. The van der Waals surface area contributed by atoms with Crippen LogP contribution in [0.1, 0.15) is 26.3 Å². The molecule has 0 heterocycles. The number of carboxylic acid groups (broad SMARTS) is 1. The Kier molecular flexibility index (Phi) is 6.37. The maximum Gasteiger partial charge on any atom is 0.344 e. The van der Waals surface area contributed by atoms with Crippen LogP contribution >= 0.6 is 0 Å². The second-order valence-electron chi connectivity index (χ2n) is 5.79. The van der Waals surface area contributed by atoms with Gasteiger partial charge < -0.3 is 19.3 Å². The van der Waals surface area contributed by atoms with Crippen molar-refractivity contribution in [3.63, 3.8) is 0 Å². The summed E-state index contributed by atoms with van der Waals surface area (Å²) in [6, 6.07) is 6.82. The van der Waals surface area contributed by atoms with Crippen LogP contribution in [0.5, 0.6) is 5.75 Å². The van der Waals surface area contributed by atoms with E-state index < -0.39 is 23.6 Å². The highest BCUT2D eigenvalue weighted by atomic mass is 16.6. The number of ether oxygens (including phenoxy) is 3. The fourth-order valence-corrected chi connectivity index (χ4v) is 1.72. The van der Waals surface area contributed by atoms with Crippen molar-refractivity contribution in [1.29, 1.82) is 0 Å². The molecule has 0 unspecified atom stereocenters. The van der Waals surface area contributed by atoms with Crippen molar-refractivity contribution in [2.24, 2.45) is 0 Å². The largest absolute Gasteiger partial charge is 0.482 e. The number of methoxy groups -OCH3 is 1. The van der Waals surface area contributed by atoms with Crippen LogP contribution < -0.4 is 4.74 Å². The quantitative estimate of drug-likeness (QED) is 0.776. The maximum atomic E-state index is 11.5. The van der Waals surface area contributed by atoms with Gasteiger partial charge in [0.15, 0.2) is 12.7 Å². The number of hydrogen-bond donors (Lipinski definition) is 1. The molecular formula is C16H22O6. The van der Waals surface area contributed by atoms with Crippen LogP contribution in [0.4, 0.5) is 0 Å². The first kappa shape index (κ1) is 18.0. The molecule has 6 nitrogen and oxygen atoms in total. The Morgan fingerprint density at radius 3 is 2.23 bits per heavy atom. The number of rotatable bonds is 7. The summed E-state index contributed by atoms with van der Waals surface area (Å²) >= 11 is 0. The van der Waals surface area contributed by atoms with E-state index in [1.165, 1.54) is 7.11 Å². The number of esters is 1. The third-order valence-corrected chi connectivity index (χ3v) is 2.68. The molecule has 1 N–H and O–H groups in total. The molecule has 0 bridgehead atoms.